The van der Waals surface area contributed by atoms with Crippen LogP contribution < -0.4 is 5.73 Å². The van der Waals surface area contributed by atoms with E-state index in [2.05, 4.69) is 12.0 Å². The first kappa shape index (κ1) is 13.6. The molecule has 2 unspecified atom stereocenters. The van der Waals surface area contributed by atoms with Gasteiger partial charge in [-0.1, -0.05) is 13.3 Å². The van der Waals surface area contributed by atoms with Gasteiger partial charge in [0.15, 0.2) is 0 Å². The van der Waals surface area contributed by atoms with Gasteiger partial charge in [-0.2, -0.15) is 5.10 Å². The second kappa shape index (κ2) is 4.88. The number of nitrogens with two attached hydrogens (primary N) is 1. The van der Waals surface area contributed by atoms with Gasteiger partial charge in [0.25, 0.3) is 0 Å². The summed E-state index contributed by atoms with van der Waals surface area (Å²) in [6.07, 6.45) is 4.79. The Labute approximate surface area is 120 Å². The standard InChI is InChI=1S/C15H24N4O/c1-3-12-7-13(18(2)17-12)8-14(20)19-9-11-5-4-6-15(11,16)10-19/h7,11H,3-6,8-10,16H2,1-2H3. The molecule has 20 heavy (non-hydrogen) atoms. The highest BCUT2D eigenvalue weighted by Crippen LogP contribution is 2.39. The maximum atomic E-state index is 12.5. The number of aromatic nitrogens is 2. The number of amides is 1. The molecular formula is C15H24N4O. The quantitative estimate of drug-likeness (QED) is 0.891. The van der Waals surface area contributed by atoms with E-state index in [0.717, 1.165) is 37.3 Å². The van der Waals surface area contributed by atoms with Crippen molar-refractivity contribution in [3.63, 3.8) is 0 Å². The molecule has 2 heterocycles. The lowest BCUT2D eigenvalue weighted by Gasteiger charge is -2.23. The molecule has 2 aliphatic rings. The minimum Gasteiger partial charge on any atom is -0.340 e. The molecule has 1 amide bonds. The average Bonchev–Trinajstić information content (AvgIpc) is 3.01. The zero-order chi connectivity index (χ0) is 14.3. The molecule has 0 spiro atoms. The molecule has 110 valence electrons. The zero-order valence-corrected chi connectivity index (χ0v) is 12.4. The number of likely N-dealkylation sites (tertiary alicyclic amines) is 1. The van der Waals surface area contributed by atoms with Crippen LogP contribution in [0.5, 0.6) is 0 Å². The summed E-state index contributed by atoms with van der Waals surface area (Å²) in [5, 5.41) is 4.40. The monoisotopic (exact) mass is 276 g/mol. The molecule has 2 N–H and O–H groups in total. The second-order valence-corrected chi connectivity index (χ2v) is 6.38. The summed E-state index contributed by atoms with van der Waals surface area (Å²) in [6, 6.07) is 2.03. The number of aryl methyl sites for hydroxylation is 2. The highest BCUT2D eigenvalue weighted by molar-refractivity contribution is 5.79. The molecule has 1 saturated carbocycles. The van der Waals surface area contributed by atoms with Gasteiger partial charge in [-0.25, -0.2) is 0 Å². The molecule has 1 aromatic rings. The number of hydrogen-bond acceptors (Lipinski definition) is 3. The number of carbonyl (C=O) groups excluding carboxylic acids is 1. The Morgan fingerprint density at radius 1 is 1.60 bits per heavy atom. The highest BCUT2D eigenvalue weighted by atomic mass is 16.2. The molecule has 3 rings (SSSR count). The Morgan fingerprint density at radius 2 is 2.40 bits per heavy atom. The van der Waals surface area contributed by atoms with Gasteiger partial charge in [0.1, 0.15) is 0 Å². The van der Waals surface area contributed by atoms with E-state index < -0.39 is 0 Å². The van der Waals surface area contributed by atoms with E-state index in [1.165, 1.54) is 12.8 Å². The third kappa shape index (κ3) is 2.24. The largest absolute Gasteiger partial charge is 0.340 e. The maximum absolute atomic E-state index is 12.5. The van der Waals surface area contributed by atoms with Crippen molar-refractivity contribution in [3.8, 4) is 0 Å². The predicted molar refractivity (Wildman–Crippen MR) is 77.1 cm³/mol. The fourth-order valence-corrected chi connectivity index (χ4v) is 3.70. The van der Waals surface area contributed by atoms with Crippen LogP contribution in [0.25, 0.3) is 0 Å². The summed E-state index contributed by atoms with van der Waals surface area (Å²) in [5.74, 6) is 0.694. The van der Waals surface area contributed by atoms with Crippen molar-refractivity contribution in [1.29, 1.82) is 0 Å². The Balaban J connectivity index is 1.67. The van der Waals surface area contributed by atoms with Gasteiger partial charge >= 0.3 is 0 Å². The van der Waals surface area contributed by atoms with Crippen LogP contribution in [0.1, 0.15) is 37.6 Å². The lowest BCUT2D eigenvalue weighted by Crippen LogP contribution is -2.45. The Hall–Kier alpha value is -1.36. The van der Waals surface area contributed by atoms with Crippen LogP contribution in [0.3, 0.4) is 0 Å². The van der Waals surface area contributed by atoms with Gasteiger partial charge in [-0.15, -0.1) is 0 Å². The number of carbonyl (C=O) groups is 1. The fraction of sp³-hybridized carbons (Fsp3) is 0.733. The van der Waals surface area contributed by atoms with Gasteiger partial charge in [-0.05, 0) is 31.2 Å². The first-order valence-electron chi connectivity index (χ1n) is 7.60. The summed E-state index contributed by atoms with van der Waals surface area (Å²) in [7, 11) is 1.91. The van der Waals surface area contributed by atoms with Gasteiger partial charge < -0.3 is 10.6 Å². The average molecular weight is 276 g/mol. The second-order valence-electron chi connectivity index (χ2n) is 6.38. The van der Waals surface area contributed by atoms with E-state index in [4.69, 9.17) is 5.73 Å². The van der Waals surface area contributed by atoms with Crippen molar-refractivity contribution < 1.29 is 4.79 Å². The number of nitrogens with zero attached hydrogens (tertiary/aromatic N) is 3. The van der Waals surface area contributed by atoms with Crippen molar-refractivity contribution in [2.45, 2.75) is 44.6 Å². The molecule has 2 fully saturated rings. The van der Waals surface area contributed by atoms with E-state index in [-0.39, 0.29) is 11.4 Å². The van der Waals surface area contributed by atoms with E-state index in [9.17, 15) is 4.79 Å². The molecule has 5 heteroatoms. The molecule has 1 saturated heterocycles. The Morgan fingerprint density at radius 3 is 3.05 bits per heavy atom. The van der Waals surface area contributed by atoms with Crippen molar-refractivity contribution in [2.75, 3.05) is 13.1 Å². The SMILES string of the molecule is CCc1cc(CC(=O)N2CC3CCCC3(N)C2)n(C)n1. The van der Waals surface area contributed by atoms with Crippen molar-refractivity contribution >= 4 is 5.91 Å². The van der Waals surface area contributed by atoms with Gasteiger partial charge in [0, 0.05) is 31.4 Å². The third-order valence-electron chi connectivity index (χ3n) is 5.01. The minimum absolute atomic E-state index is 0.114. The zero-order valence-electron chi connectivity index (χ0n) is 12.4. The molecular weight excluding hydrogens is 252 g/mol. The smallest absolute Gasteiger partial charge is 0.228 e. The van der Waals surface area contributed by atoms with Crippen LogP contribution in [0.2, 0.25) is 0 Å². The van der Waals surface area contributed by atoms with Gasteiger partial charge in [0.05, 0.1) is 12.1 Å². The highest BCUT2D eigenvalue weighted by Gasteiger charge is 2.47. The lowest BCUT2D eigenvalue weighted by molar-refractivity contribution is -0.129. The molecule has 5 nitrogen and oxygen atoms in total. The summed E-state index contributed by atoms with van der Waals surface area (Å²) in [5.41, 5.74) is 8.36. The van der Waals surface area contributed by atoms with Crippen LogP contribution >= 0.6 is 0 Å². The fourth-order valence-electron chi connectivity index (χ4n) is 3.70. The molecule has 1 aliphatic carbocycles. The van der Waals surface area contributed by atoms with Crippen LogP contribution in [0, 0.1) is 5.92 Å². The van der Waals surface area contributed by atoms with Gasteiger partial charge in [-0.3, -0.25) is 9.48 Å². The maximum Gasteiger partial charge on any atom is 0.228 e. The van der Waals surface area contributed by atoms with Crippen molar-refractivity contribution in [2.24, 2.45) is 18.7 Å². The summed E-state index contributed by atoms with van der Waals surface area (Å²) in [6.45, 7) is 3.65. The first-order valence-corrected chi connectivity index (χ1v) is 7.60. The summed E-state index contributed by atoms with van der Waals surface area (Å²) in [4.78, 5) is 14.4. The molecule has 1 aliphatic heterocycles. The van der Waals surface area contributed by atoms with Crippen molar-refractivity contribution in [3.05, 3.63) is 17.5 Å². The first-order chi connectivity index (χ1) is 9.51. The van der Waals surface area contributed by atoms with E-state index >= 15 is 0 Å². The topological polar surface area (TPSA) is 64.2 Å². The molecule has 0 aromatic carbocycles. The number of fused-ring (bicyclic) bond motifs is 1. The van der Waals surface area contributed by atoms with E-state index in [1.54, 1.807) is 0 Å². The molecule has 2 atom stereocenters. The van der Waals surface area contributed by atoms with Crippen LogP contribution in [-0.2, 0) is 24.7 Å². The number of rotatable bonds is 3. The molecule has 1 aromatic heterocycles. The Bertz CT molecular complexity index is 524. The third-order valence-corrected chi connectivity index (χ3v) is 5.01. The molecule has 0 bridgehead atoms. The molecule has 0 radical (unpaired) electrons. The predicted octanol–water partition coefficient (Wildman–Crippen LogP) is 0.865. The van der Waals surface area contributed by atoms with Crippen LogP contribution in [0.4, 0.5) is 0 Å². The summed E-state index contributed by atoms with van der Waals surface area (Å²) >= 11 is 0. The van der Waals surface area contributed by atoms with E-state index in [0.29, 0.717) is 12.3 Å². The normalized spacial score (nSPS) is 28.9. The van der Waals surface area contributed by atoms with Crippen LogP contribution in [-0.4, -0.2) is 39.2 Å². The van der Waals surface area contributed by atoms with Crippen LogP contribution in [0.15, 0.2) is 6.07 Å². The Kier molecular flexibility index (Phi) is 3.32. The van der Waals surface area contributed by atoms with Gasteiger partial charge in [0.2, 0.25) is 5.91 Å². The van der Waals surface area contributed by atoms with E-state index in [1.807, 2.05) is 22.7 Å². The van der Waals surface area contributed by atoms with Crippen molar-refractivity contribution in [1.82, 2.24) is 14.7 Å². The number of hydrogen-bond donors (Lipinski definition) is 1. The summed E-state index contributed by atoms with van der Waals surface area (Å²) < 4.78 is 1.83. The minimum atomic E-state index is -0.114. The lowest BCUT2D eigenvalue weighted by atomic mass is 9.92.